The van der Waals surface area contributed by atoms with Gasteiger partial charge in [-0.25, -0.2) is 0 Å². The fraction of sp³-hybridized carbons (Fsp3) is 0.0455. The van der Waals surface area contributed by atoms with Crippen LogP contribution in [0.5, 0.6) is 0 Å². The highest BCUT2D eigenvalue weighted by atomic mass is 35.5. The molecule has 0 atom stereocenters. The molecule has 146 valence electrons. The maximum Gasteiger partial charge on any atom is 0.233 e. The van der Waals surface area contributed by atoms with Gasteiger partial charge in [0.2, 0.25) is 17.8 Å². The molecule has 29 heavy (non-hydrogen) atoms. The minimum absolute atomic E-state index is 0. The fourth-order valence-corrected chi connectivity index (χ4v) is 2.64. The van der Waals surface area contributed by atoms with E-state index in [9.17, 15) is 0 Å². The van der Waals surface area contributed by atoms with Crippen LogP contribution in [-0.2, 0) is 6.54 Å². The van der Waals surface area contributed by atoms with E-state index in [0.717, 1.165) is 16.9 Å². The van der Waals surface area contributed by atoms with E-state index in [2.05, 4.69) is 43.0 Å². The van der Waals surface area contributed by atoms with Crippen LogP contribution in [0.3, 0.4) is 0 Å². The molecule has 1 heterocycles. The third-order valence-corrected chi connectivity index (χ3v) is 3.99. The van der Waals surface area contributed by atoms with Gasteiger partial charge in [0.05, 0.1) is 0 Å². The lowest BCUT2D eigenvalue weighted by atomic mass is 10.2. The van der Waals surface area contributed by atoms with Gasteiger partial charge < -0.3 is 16.0 Å². The molecule has 0 spiro atoms. The highest BCUT2D eigenvalue weighted by Gasteiger charge is 2.08. The molecule has 4 aromatic rings. The van der Waals surface area contributed by atoms with Crippen LogP contribution in [0.2, 0.25) is 0 Å². The van der Waals surface area contributed by atoms with Gasteiger partial charge in [0.1, 0.15) is 0 Å². The quantitative estimate of drug-likeness (QED) is 0.383. The Morgan fingerprint density at radius 2 is 0.931 bits per heavy atom. The summed E-state index contributed by atoms with van der Waals surface area (Å²) in [6.07, 6.45) is 0. The lowest BCUT2D eigenvalue weighted by Crippen LogP contribution is -2.09. The predicted molar refractivity (Wildman–Crippen MR) is 120 cm³/mol. The van der Waals surface area contributed by atoms with Crippen LogP contribution >= 0.6 is 12.4 Å². The van der Waals surface area contributed by atoms with Crippen molar-refractivity contribution >= 4 is 41.6 Å². The molecule has 0 radical (unpaired) electrons. The second kappa shape index (κ2) is 10.1. The SMILES string of the molecule is Cl.c1ccc(CNc2nc(Nc3ccccc3)nc(Nc3ccccc3)n2)cc1. The molecule has 7 heteroatoms. The molecule has 0 amide bonds. The van der Waals surface area contributed by atoms with Crippen molar-refractivity contribution in [3.8, 4) is 0 Å². The summed E-state index contributed by atoms with van der Waals surface area (Å²) >= 11 is 0. The molecular weight excluding hydrogens is 384 g/mol. The molecular formula is C22H21ClN6. The van der Waals surface area contributed by atoms with Crippen molar-refractivity contribution in [3.05, 3.63) is 96.6 Å². The van der Waals surface area contributed by atoms with Crippen molar-refractivity contribution in [2.75, 3.05) is 16.0 Å². The normalized spacial score (nSPS) is 9.93. The van der Waals surface area contributed by atoms with E-state index in [1.807, 2.05) is 78.9 Å². The molecule has 0 saturated carbocycles. The molecule has 3 aromatic carbocycles. The first-order valence-electron chi connectivity index (χ1n) is 9.03. The van der Waals surface area contributed by atoms with Crippen molar-refractivity contribution in [2.45, 2.75) is 6.54 Å². The van der Waals surface area contributed by atoms with Gasteiger partial charge in [-0.3, -0.25) is 0 Å². The van der Waals surface area contributed by atoms with Crippen LogP contribution in [0.25, 0.3) is 0 Å². The standard InChI is InChI=1S/C22H20N6.ClH/c1-4-10-17(11-5-1)16-23-20-26-21(24-18-12-6-2-7-13-18)28-22(27-20)25-19-14-8-3-9-15-19;/h1-15H,16H2,(H3,23,24,25,26,27,28);1H. The monoisotopic (exact) mass is 404 g/mol. The van der Waals surface area contributed by atoms with E-state index in [0.29, 0.717) is 24.4 Å². The molecule has 3 N–H and O–H groups in total. The number of para-hydroxylation sites is 2. The average Bonchev–Trinajstić information content (AvgIpc) is 2.74. The van der Waals surface area contributed by atoms with Crippen LogP contribution in [0.1, 0.15) is 5.56 Å². The molecule has 0 aliphatic carbocycles. The average molecular weight is 405 g/mol. The summed E-state index contributed by atoms with van der Waals surface area (Å²) in [5.74, 6) is 1.43. The van der Waals surface area contributed by atoms with Gasteiger partial charge in [-0.15, -0.1) is 12.4 Å². The smallest absolute Gasteiger partial charge is 0.233 e. The fourth-order valence-electron chi connectivity index (χ4n) is 2.64. The zero-order valence-electron chi connectivity index (χ0n) is 15.6. The molecule has 0 saturated heterocycles. The second-order valence-electron chi connectivity index (χ2n) is 6.13. The number of benzene rings is 3. The van der Waals surface area contributed by atoms with Gasteiger partial charge in [-0.2, -0.15) is 15.0 Å². The summed E-state index contributed by atoms with van der Waals surface area (Å²) in [5.41, 5.74) is 2.97. The third-order valence-electron chi connectivity index (χ3n) is 3.99. The number of halogens is 1. The molecule has 0 bridgehead atoms. The van der Waals surface area contributed by atoms with Crippen LogP contribution in [0, 0.1) is 0 Å². The number of nitrogens with one attached hydrogen (secondary N) is 3. The number of anilines is 5. The van der Waals surface area contributed by atoms with E-state index in [1.54, 1.807) is 0 Å². The van der Waals surface area contributed by atoms with E-state index >= 15 is 0 Å². The van der Waals surface area contributed by atoms with E-state index in [-0.39, 0.29) is 12.4 Å². The first-order valence-corrected chi connectivity index (χ1v) is 9.03. The summed E-state index contributed by atoms with van der Waals surface area (Å²) in [6.45, 7) is 0.625. The molecule has 4 rings (SSSR count). The van der Waals surface area contributed by atoms with Crippen molar-refractivity contribution in [2.24, 2.45) is 0 Å². The maximum absolute atomic E-state index is 4.50. The van der Waals surface area contributed by atoms with Crippen LogP contribution in [0.4, 0.5) is 29.2 Å². The van der Waals surface area contributed by atoms with Gasteiger partial charge in [-0.05, 0) is 29.8 Å². The minimum Gasteiger partial charge on any atom is -0.350 e. The Morgan fingerprint density at radius 1 is 0.517 bits per heavy atom. The van der Waals surface area contributed by atoms with Crippen molar-refractivity contribution in [3.63, 3.8) is 0 Å². The van der Waals surface area contributed by atoms with Gasteiger partial charge in [0.15, 0.2) is 0 Å². The predicted octanol–water partition coefficient (Wildman–Crippen LogP) is 5.39. The minimum atomic E-state index is 0. The Hall–Kier alpha value is -3.64. The zero-order chi connectivity index (χ0) is 19.0. The van der Waals surface area contributed by atoms with Crippen molar-refractivity contribution in [1.29, 1.82) is 0 Å². The first kappa shape index (κ1) is 20.1. The Bertz CT molecular complexity index is 953. The molecule has 0 fully saturated rings. The summed E-state index contributed by atoms with van der Waals surface area (Å²) < 4.78 is 0. The first-order chi connectivity index (χ1) is 13.8. The number of rotatable bonds is 7. The summed E-state index contributed by atoms with van der Waals surface area (Å²) in [4.78, 5) is 13.5. The molecule has 6 nitrogen and oxygen atoms in total. The Morgan fingerprint density at radius 3 is 1.41 bits per heavy atom. The highest BCUT2D eigenvalue weighted by molar-refractivity contribution is 5.85. The lowest BCUT2D eigenvalue weighted by Gasteiger charge is -2.11. The highest BCUT2D eigenvalue weighted by Crippen LogP contribution is 2.18. The Kier molecular flexibility index (Phi) is 6.97. The van der Waals surface area contributed by atoms with E-state index in [4.69, 9.17) is 0 Å². The van der Waals surface area contributed by atoms with Gasteiger partial charge in [0.25, 0.3) is 0 Å². The summed E-state index contributed by atoms with van der Waals surface area (Å²) in [7, 11) is 0. The van der Waals surface area contributed by atoms with Gasteiger partial charge >= 0.3 is 0 Å². The van der Waals surface area contributed by atoms with Gasteiger partial charge in [0, 0.05) is 17.9 Å². The summed E-state index contributed by atoms with van der Waals surface area (Å²) in [5, 5.41) is 9.72. The Labute approximate surface area is 175 Å². The topological polar surface area (TPSA) is 74.8 Å². The van der Waals surface area contributed by atoms with Crippen LogP contribution in [0.15, 0.2) is 91.0 Å². The molecule has 0 unspecified atom stereocenters. The molecule has 0 aliphatic heterocycles. The van der Waals surface area contributed by atoms with E-state index < -0.39 is 0 Å². The number of nitrogens with zero attached hydrogens (tertiary/aromatic N) is 3. The second-order valence-corrected chi connectivity index (χ2v) is 6.13. The lowest BCUT2D eigenvalue weighted by molar-refractivity contribution is 1.01. The zero-order valence-corrected chi connectivity index (χ0v) is 16.4. The largest absolute Gasteiger partial charge is 0.350 e. The van der Waals surface area contributed by atoms with Crippen LogP contribution in [-0.4, -0.2) is 15.0 Å². The molecule has 0 aliphatic rings. The summed E-state index contributed by atoms with van der Waals surface area (Å²) in [6, 6.07) is 29.8. The van der Waals surface area contributed by atoms with Crippen molar-refractivity contribution in [1.82, 2.24) is 15.0 Å². The van der Waals surface area contributed by atoms with E-state index in [1.165, 1.54) is 0 Å². The third kappa shape index (κ3) is 5.92. The molecule has 1 aromatic heterocycles. The number of hydrogen-bond acceptors (Lipinski definition) is 6. The Balaban J connectivity index is 0.00000240. The van der Waals surface area contributed by atoms with Gasteiger partial charge in [-0.1, -0.05) is 66.7 Å². The number of hydrogen-bond donors (Lipinski definition) is 3. The number of aromatic nitrogens is 3. The van der Waals surface area contributed by atoms with Crippen LogP contribution < -0.4 is 16.0 Å². The van der Waals surface area contributed by atoms with Crippen molar-refractivity contribution < 1.29 is 0 Å². The maximum atomic E-state index is 4.50.